The van der Waals surface area contributed by atoms with E-state index in [0.717, 1.165) is 6.42 Å². The maximum Gasteiger partial charge on any atom is 0.410 e. The summed E-state index contributed by atoms with van der Waals surface area (Å²) in [5.74, 6) is 0.894. The molecule has 1 amide bonds. The second-order valence-electron chi connectivity index (χ2n) is 8.37. The molecule has 6 nitrogen and oxygen atoms in total. The highest BCUT2D eigenvalue weighted by molar-refractivity contribution is 5.90. The van der Waals surface area contributed by atoms with Gasteiger partial charge in [0.2, 0.25) is 0 Å². The van der Waals surface area contributed by atoms with Gasteiger partial charge in [0, 0.05) is 19.5 Å². The quantitative estimate of drug-likeness (QED) is 0.628. The summed E-state index contributed by atoms with van der Waals surface area (Å²) in [6.07, 6.45) is 1.51. The van der Waals surface area contributed by atoms with Gasteiger partial charge in [0.25, 0.3) is 0 Å². The van der Waals surface area contributed by atoms with Crippen LogP contribution in [0.15, 0.2) is 54.6 Å². The van der Waals surface area contributed by atoms with E-state index in [1.54, 1.807) is 29.2 Å². The molecular weight excluding hydrogens is 382 g/mol. The Balaban J connectivity index is 1.56. The summed E-state index contributed by atoms with van der Waals surface area (Å²) in [4.78, 5) is 26.6. The first-order chi connectivity index (χ1) is 14.3. The van der Waals surface area contributed by atoms with Crippen LogP contribution in [0.2, 0.25) is 0 Å². The SMILES string of the molecule is CC(C)(C)OC(=O)N1CCCC(OC(=O)c2cccc(Oc3ccccc3)c2)CC1. The zero-order chi connectivity index (χ0) is 21.6. The maximum atomic E-state index is 12.6. The van der Waals surface area contributed by atoms with Gasteiger partial charge in [-0.3, -0.25) is 0 Å². The van der Waals surface area contributed by atoms with Crippen molar-refractivity contribution in [3.63, 3.8) is 0 Å². The third-order valence-corrected chi connectivity index (χ3v) is 4.65. The van der Waals surface area contributed by atoms with E-state index in [1.807, 2.05) is 51.1 Å². The zero-order valence-electron chi connectivity index (χ0n) is 17.8. The Morgan fingerprint density at radius 3 is 2.40 bits per heavy atom. The summed E-state index contributed by atoms with van der Waals surface area (Å²) in [6.45, 7) is 6.65. The fraction of sp³-hybridized carbons (Fsp3) is 0.417. The van der Waals surface area contributed by atoms with Crippen molar-refractivity contribution in [1.29, 1.82) is 0 Å². The number of amides is 1. The summed E-state index contributed by atoms with van der Waals surface area (Å²) in [5.41, 5.74) is -0.0843. The van der Waals surface area contributed by atoms with Crippen LogP contribution in [0, 0.1) is 0 Å². The molecule has 1 unspecified atom stereocenters. The number of hydrogen-bond donors (Lipinski definition) is 0. The lowest BCUT2D eigenvalue weighted by molar-refractivity contribution is 0.0214. The zero-order valence-corrected chi connectivity index (χ0v) is 17.8. The summed E-state index contributed by atoms with van der Waals surface area (Å²) >= 11 is 0. The topological polar surface area (TPSA) is 65.1 Å². The van der Waals surface area contributed by atoms with Crippen molar-refractivity contribution in [2.75, 3.05) is 13.1 Å². The third kappa shape index (κ3) is 6.51. The van der Waals surface area contributed by atoms with Crippen molar-refractivity contribution in [1.82, 2.24) is 4.90 Å². The second kappa shape index (κ2) is 9.65. The van der Waals surface area contributed by atoms with Gasteiger partial charge in [-0.25, -0.2) is 9.59 Å². The standard InChI is InChI=1S/C24H29NO5/c1-24(2,3)30-23(27)25-15-8-13-20(14-16-25)29-22(26)18-9-7-12-21(17-18)28-19-10-5-4-6-11-19/h4-7,9-12,17,20H,8,13-16H2,1-3H3. The highest BCUT2D eigenvalue weighted by Crippen LogP contribution is 2.23. The maximum absolute atomic E-state index is 12.6. The fourth-order valence-electron chi connectivity index (χ4n) is 3.22. The Bertz CT molecular complexity index is 859. The monoisotopic (exact) mass is 411 g/mol. The highest BCUT2D eigenvalue weighted by Gasteiger charge is 2.26. The Hall–Kier alpha value is -3.02. The first-order valence-corrected chi connectivity index (χ1v) is 10.3. The number of carbonyl (C=O) groups is 2. The predicted molar refractivity (Wildman–Crippen MR) is 114 cm³/mol. The second-order valence-corrected chi connectivity index (χ2v) is 8.37. The Morgan fingerprint density at radius 1 is 0.933 bits per heavy atom. The summed E-state index contributed by atoms with van der Waals surface area (Å²) in [7, 11) is 0. The van der Waals surface area contributed by atoms with Crippen LogP contribution in [0.5, 0.6) is 11.5 Å². The molecule has 2 aromatic rings. The minimum Gasteiger partial charge on any atom is -0.459 e. The number of benzene rings is 2. The van der Waals surface area contributed by atoms with Gasteiger partial charge in [0.15, 0.2) is 0 Å². The Kier molecular flexibility index (Phi) is 6.98. The van der Waals surface area contributed by atoms with Crippen molar-refractivity contribution in [3.05, 3.63) is 60.2 Å². The molecular formula is C24H29NO5. The number of rotatable bonds is 4. The summed E-state index contributed by atoms with van der Waals surface area (Å²) in [5, 5.41) is 0. The van der Waals surface area contributed by atoms with Crippen molar-refractivity contribution >= 4 is 12.1 Å². The lowest BCUT2D eigenvalue weighted by Crippen LogP contribution is -2.37. The number of carbonyl (C=O) groups excluding carboxylic acids is 2. The fourth-order valence-corrected chi connectivity index (χ4v) is 3.22. The van der Waals surface area contributed by atoms with E-state index in [4.69, 9.17) is 14.2 Å². The molecule has 30 heavy (non-hydrogen) atoms. The molecule has 0 N–H and O–H groups in total. The lowest BCUT2D eigenvalue weighted by atomic mass is 10.1. The average molecular weight is 411 g/mol. The van der Waals surface area contributed by atoms with E-state index in [9.17, 15) is 9.59 Å². The van der Waals surface area contributed by atoms with Crippen LogP contribution < -0.4 is 4.74 Å². The largest absolute Gasteiger partial charge is 0.459 e. The molecule has 1 aliphatic heterocycles. The van der Waals surface area contributed by atoms with E-state index in [2.05, 4.69) is 0 Å². The van der Waals surface area contributed by atoms with E-state index in [-0.39, 0.29) is 18.2 Å². The number of hydrogen-bond acceptors (Lipinski definition) is 5. The summed E-state index contributed by atoms with van der Waals surface area (Å²) in [6, 6.07) is 16.4. The van der Waals surface area contributed by atoms with E-state index < -0.39 is 5.60 Å². The van der Waals surface area contributed by atoms with Crippen LogP contribution in [0.3, 0.4) is 0 Å². The Labute approximate surface area is 177 Å². The highest BCUT2D eigenvalue weighted by atomic mass is 16.6. The molecule has 1 saturated heterocycles. The molecule has 1 atom stereocenters. The lowest BCUT2D eigenvalue weighted by Gasteiger charge is -2.26. The van der Waals surface area contributed by atoms with Gasteiger partial charge in [-0.1, -0.05) is 24.3 Å². The molecule has 2 aromatic carbocycles. The van der Waals surface area contributed by atoms with Gasteiger partial charge >= 0.3 is 12.1 Å². The number of nitrogens with zero attached hydrogens (tertiary/aromatic N) is 1. The van der Waals surface area contributed by atoms with E-state index in [1.165, 1.54) is 0 Å². The number of esters is 1. The number of ether oxygens (including phenoxy) is 3. The first-order valence-electron chi connectivity index (χ1n) is 10.3. The first kappa shape index (κ1) is 21.7. The van der Waals surface area contributed by atoms with Crippen molar-refractivity contribution < 1.29 is 23.8 Å². The molecule has 0 bridgehead atoms. The van der Waals surface area contributed by atoms with Gasteiger partial charge in [-0.15, -0.1) is 0 Å². The van der Waals surface area contributed by atoms with Gasteiger partial charge in [0.1, 0.15) is 23.2 Å². The van der Waals surface area contributed by atoms with Gasteiger partial charge in [0.05, 0.1) is 5.56 Å². The smallest absolute Gasteiger partial charge is 0.410 e. The summed E-state index contributed by atoms with van der Waals surface area (Å²) < 4.78 is 17.0. The van der Waals surface area contributed by atoms with Crippen LogP contribution in [0.1, 0.15) is 50.4 Å². The predicted octanol–water partition coefficient (Wildman–Crippen LogP) is 5.43. The Morgan fingerprint density at radius 2 is 1.67 bits per heavy atom. The van der Waals surface area contributed by atoms with Crippen LogP contribution in [-0.2, 0) is 9.47 Å². The van der Waals surface area contributed by atoms with Crippen molar-refractivity contribution in [2.45, 2.75) is 51.7 Å². The van der Waals surface area contributed by atoms with E-state index >= 15 is 0 Å². The van der Waals surface area contributed by atoms with Gasteiger partial charge < -0.3 is 19.1 Å². The minimum atomic E-state index is -0.526. The van der Waals surface area contributed by atoms with Crippen LogP contribution in [0.25, 0.3) is 0 Å². The van der Waals surface area contributed by atoms with Crippen LogP contribution in [0.4, 0.5) is 4.79 Å². The third-order valence-electron chi connectivity index (χ3n) is 4.65. The molecule has 1 aliphatic rings. The molecule has 0 saturated carbocycles. The van der Waals surface area contributed by atoms with Crippen molar-refractivity contribution in [2.24, 2.45) is 0 Å². The normalized spacial score (nSPS) is 17.0. The molecule has 3 rings (SSSR count). The molecule has 0 radical (unpaired) electrons. The van der Waals surface area contributed by atoms with Crippen LogP contribution >= 0.6 is 0 Å². The number of para-hydroxylation sites is 1. The molecule has 1 fully saturated rings. The van der Waals surface area contributed by atoms with Crippen LogP contribution in [-0.4, -0.2) is 41.8 Å². The molecule has 0 spiro atoms. The molecule has 160 valence electrons. The van der Waals surface area contributed by atoms with Gasteiger partial charge in [-0.05, 0) is 63.9 Å². The van der Waals surface area contributed by atoms with Gasteiger partial charge in [-0.2, -0.15) is 0 Å². The molecule has 6 heteroatoms. The molecule has 1 heterocycles. The minimum absolute atomic E-state index is 0.233. The molecule has 0 aliphatic carbocycles. The average Bonchev–Trinajstić information content (AvgIpc) is 2.93. The number of likely N-dealkylation sites (tertiary alicyclic amines) is 1. The molecule has 0 aromatic heterocycles. The van der Waals surface area contributed by atoms with E-state index in [0.29, 0.717) is 43.0 Å². The van der Waals surface area contributed by atoms with Crippen molar-refractivity contribution in [3.8, 4) is 11.5 Å².